The van der Waals surface area contributed by atoms with Crippen molar-refractivity contribution in [3.8, 4) is 0 Å². The molecule has 1 aromatic rings. The molecule has 0 saturated heterocycles. The second-order valence-electron chi connectivity index (χ2n) is 4.29. The molecule has 0 atom stereocenters. The molecule has 90 valence electrons. The molecule has 0 spiro atoms. The molecular weight excluding hydrogens is 220 g/mol. The van der Waals surface area contributed by atoms with Gasteiger partial charge < -0.3 is 10.2 Å². The van der Waals surface area contributed by atoms with Gasteiger partial charge in [0, 0.05) is 11.6 Å². The van der Waals surface area contributed by atoms with E-state index in [4.69, 9.17) is 11.6 Å². The van der Waals surface area contributed by atoms with Crippen LogP contribution < -0.4 is 5.32 Å². The Morgan fingerprint density at radius 3 is 2.75 bits per heavy atom. The fourth-order valence-electron chi connectivity index (χ4n) is 1.68. The van der Waals surface area contributed by atoms with Gasteiger partial charge in [-0.1, -0.05) is 23.7 Å². The van der Waals surface area contributed by atoms with Crippen molar-refractivity contribution in [1.29, 1.82) is 0 Å². The zero-order valence-corrected chi connectivity index (χ0v) is 11.1. The van der Waals surface area contributed by atoms with Crippen LogP contribution in [0.1, 0.15) is 17.5 Å². The summed E-state index contributed by atoms with van der Waals surface area (Å²) in [7, 11) is 4.11. The maximum Gasteiger partial charge on any atom is 0.0453 e. The zero-order valence-electron chi connectivity index (χ0n) is 10.4. The number of nitrogens with zero attached hydrogens (tertiary/aromatic N) is 1. The van der Waals surface area contributed by atoms with Crippen LogP contribution in [0.25, 0.3) is 0 Å². The molecule has 3 heteroatoms. The van der Waals surface area contributed by atoms with Gasteiger partial charge in [-0.05, 0) is 57.7 Å². The van der Waals surface area contributed by atoms with E-state index >= 15 is 0 Å². The van der Waals surface area contributed by atoms with E-state index in [0.717, 1.165) is 31.1 Å². The molecule has 1 N–H and O–H groups in total. The summed E-state index contributed by atoms with van der Waals surface area (Å²) in [6.07, 6.45) is 1.16. The Morgan fingerprint density at radius 1 is 1.38 bits per heavy atom. The van der Waals surface area contributed by atoms with Crippen molar-refractivity contribution < 1.29 is 0 Å². The Balaban J connectivity index is 2.46. The summed E-state index contributed by atoms with van der Waals surface area (Å²) in [6.45, 7) is 5.13. The highest BCUT2D eigenvalue weighted by Crippen LogP contribution is 2.18. The second kappa shape index (κ2) is 6.89. The molecule has 0 unspecified atom stereocenters. The normalized spacial score (nSPS) is 11.1. The largest absolute Gasteiger partial charge is 0.320 e. The van der Waals surface area contributed by atoms with E-state index in [0.29, 0.717) is 0 Å². The van der Waals surface area contributed by atoms with E-state index in [9.17, 15) is 0 Å². The first kappa shape index (κ1) is 13.5. The van der Waals surface area contributed by atoms with Crippen LogP contribution in [-0.2, 0) is 6.54 Å². The number of hydrogen-bond acceptors (Lipinski definition) is 2. The molecule has 0 amide bonds. The number of nitrogens with one attached hydrogen (secondary N) is 1. The zero-order chi connectivity index (χ0) is 12.0. The summed E-state index contributed by atoms with van der Waals surface area (Å²) in [4.78, 5) is 2.30. The lowest BCUT2D eigenvalue weighted by Crippen LogP contribution is -2.22. The van der Waals surface area contributed by atoms with Crippen LogP contribution in [0.5, 0.6) is 0 Å². The molecular formula is C13H21ClN2. The van der Waals surface area contributed by atoms with Gasteiger partial charge in [-0.15, -0.1) is 0 Å². The van der Waals surface area contributed by atoms with Gasteiger partial charge in [0.25, 0.3) is 0 Å². The summed E-state index contributed by atoms with van der Waals surface area (Å²) in [5.74, 6) is 0. The van der Waals surface area contributed by atoms with Crippen molar-refractivity contribution in [1.82, 2.24) is 10.2 Å². The first-order valence-electron chi connectivity index (χ1n) is 5.71. The third kappa shape index (κ3) is 4.52. The van der Waals surface area contributed by atoms with Crippen molar-refractivity contribution in [2.24, 2.45) is 0 Å². The van der Waals surface area contributed by atoms with E-state index in [1.807, 2.05) is 13.1 Å². The SMILES string of the molecule is CNCCCN(C)Cc1ccc(C)cc1Cl. The molecule has 0 saturated carbocycles. The smallest absolute Gasteiger partial charge is 0.0453 e. The first-order valence-corrected chi connectivity index (χ1v) is 6.09. The average Bonchev–Trinajstić information content (AvgIpc) is 2.23. The van der Waals surface area contributed by atoms with Crippen molar-refractivity contribution >= 4 is 11.6 Å². The molecule has 0 aliphatic rings. The van der Waals surface area contributed by atoms with Gasteiger partial charge in [-0.25, -0.2) is 0 Å². The first-order chi connectivity index (χ1) is 7.63. The molecule has 0 radical (unpaired) electrons. The Kier molecular flexibility index (Phi) is 5.81. The number of halogens is 1. The van der Waals surface area contributed by atoms with E-state index in [2.05, 4.69) is 36.3 Å². The summed E-state index contributed by atoms with van der Waals surface area (Å²) in [5.41, 5.74) is 2.42. The third-order valence-electron chi connectivity index (χ3n) is 2.62. The predicted octanol–water partition coefficient (Wildman–Crippen LogP) is 2.69. The Bertz CT molecular complexity index is 326. The fraction of sp³-hybridized carbons (Fsp3) is 0.538. The van der Waals surface area contributed by atoms with Crippen LogP contribution >= 0.6 is 11.6 Å². The second-order valence-corrected chi connectivity index (χ2v) is 4.70. The summed E-state index contributed by atoms with van der Waals surface area (Å²) < 4.78 is 0. The minimum atomic E-state index is 0.875. The third-order valence-corrected chi connectivity index (χ3v) is 2.97. The number of benzene rings is 1. The van der Waals surface area contributed by atoms with Crippen LogP contribution in [0.15, 0.2) is 18.2 Å². The molecule has 0 aliphatic carbocycles. The molecule has 2 nitrogen and oxygen atoms in total. The highest BCUT2D eigenvalue weighted by molar-refractivity contribution is 6.31. The minimum Gasteiger partial charge on any atom is -0.320 e. The quantitative estimate of drug-likeness (QED) is 0.770. The number of rotatable bonds is 6. The van der Waals surface area contributed by atoms with Gasteiger partial charge in [-0.3, -0.25) is 0 Å². The Hall–Kier alpha value is -0.570. The van der Waals surface area contributed by atoms with Crippen LogP contribution in [0.4, 0.5) is 0 Å². The summed E-state index contributed by atoms with van der Waals surface area (Å²) >= 11 is 6.20. The van der Waals surface area contributed by atoms with Gasteiger partial charge in [0.1, 0.15) is 0 Å². The Labute approximate surface area is 104 Å². The van der Waals surface area contributed by atoms with E-state index in [1.165, 1.54) is 11.1 Å². The van der Waals surface area contributed by atoms with Gasteiger partial charge in [0.05, 0.1) is 0 Å². The van der Waals surface area contributed by atoms with Gasteiger partial charge in [-0.2, -0.15) is 0 Å². The molecule has 0 aliphatic heterocycles. The average molecular weight is 241 g/mol. The maximum atomic E-state index is 6.20. The van der Waals surface area contributed by atoms with Crippen LogP contribution in [0, 0.1) is 6.92 Å². The van der Waals surface area contributed by atoms with Crippen LogP contribution in [0.3, 0.4) is 0 Å². The highest BCUT2D eigenvalue weighted by Gasteiger charge is 2.04. The van der Waals surface area contributed by atoms with Crippen LogP contribution in [0.2, 0.25) is 5.02 Å². The van der Waals surface area contributed by atoms with E-state index < -0.39 is 0 Å². The molecule has 16 heavy (non-hydrogen) atoms. The van der Waals surface area contributed by atoms with E-state index in [-0.39, 0.29) is 0 Å². The number of aryl methyl sites for hydroxylation is 1. The summed E-state index contributed by atoms with van der Waals surface area (Å²) in [5, 5.41) is 4.03. The standard InChI is InChI=1S/C13H21ClN2/c1-11-5-6-12(13(14)9-11)10-16(3)8-4-7-15-2/h5-6,9,15H,4,7-8,10H2,1-3H3. The van der Waals surface area contributed by atoms with Gasteiger partial charge in [0.2, 0.25) is 0 Å². The lowest BCUT2D eigenvalue weighted by molar-refractivity contribution is 0.321. The maximum absolute atomic E-state index is 6.20. The highest BCUT2D eigenvalue weighted by atomic mass is 35.5. The lowest BCUT2D eigenvalue weighted by Gasteiger charge is -2.17. The molecule has 0 fully saturated rings. The molecule has 0 bridgehead atoms. The van der Waals surface area contributed by atoms with Gasteiger partial charge >= 0.3 is 0 Å². The molecule has 1 rings (SSSR count). The van der Waals surface area contributed by atoms with Crippen molar-refractivity contribution in [2.75, 3.05) is 27.2 Å². The van der Waals surface area contributed by atoms with E-state index in [1.54, 1.807) is 0 Å². The monoisotopic (exact) mass is 240 g/mol. The van der Waals surface area contributed by atoms with Crippen molar-refractivity contribution in [2.45, 2.75) is 19.9 Å². The molecule has 0 aromatic heterocycles. The van der Waals surface area contributed by atoms with Crippen molar-refractivity contribution in [3.05, 3.63) is 34.3 Å². The molecule has 1 aromatic carbocycles. The van der Waals surface area contributed by atoms with Crippen molar-refractivity contribution in [3.63, 3.8) is 0 Å². The minimum absolute atomic E-state index is 0.875. The number of hydrogen-bond donors (Lipinski definition) is 1. The van der Waals surface area contributed by atoms with Crippen LogP contribution in [-0.4, -0.2) is 32.1 Å². The molecule has 0 heterocycles. The fourth-order valence-corrected chi connectivity index (χ4v) is 1.97. The lowest BCUT2D eigenvalue weighted by atomic mass is 10.1. The summed E-state index contributed by atoms with van der Waals surface area (Å²) in [6, 6.07) is 6.26. The Morgan fingerprint density at radius 2 is 2.12 bits per heavy atom. The van der Waals surface area contributed by atoms with Gasteiger partial charge in [0.15, 0.2) is 0 Å². The topological polar surface area (TPSA) is 15.3 Å². The predicted molar refractivity (Wildman–Crippen MR) is 71.1 cm³/mol.